The summed E-state index contributed by atoms with van der Waals surface area (Å²) in [4.78, 5) is 18.6. The van der Waals surface area contributed by atoms with Gasteiger partial charge in [-0.25, -0.2) is 0 Å². The zero-order valence-electron chi connectivity index (χ0n) is 16.4. The van der Waals surface area contributed by atoms with Crippen molar-refractivity contribution in [1.29, 1.82) is 5.26 Å². The van der Waals surface area contributed by atoms with E-state index in [-0.39, 0.29) is 11.0 Å². The Morgan fingerprint density at radius 2 is 1.78 bits per heavy atom. The number of nitriles is 1. The highest BCUT2D eigenvalue weighted by molar-refractivity contribution is 6.14. The molecule has 0 N–H and O–H groups in total. The van der Waals surface area contributed by atoms with Crippen LogP contribution in [0.3, 0.4) is 0 Å². The molecule has 5 aliphatic rings. The summed E-state index contributed by atoms with van der Waals surface area (Å²) in [5.41, 5.74) is 3.57. The van der Waals surface area contributed by atoms with Gasteiger partial charge in [-0.1, -0.05) is 6.07 Å². The fourth-order valence-corrected chi connectivity index (χ4v) is 6.93. The van der Waals surface area contributed by atoms with E-state index in [1.165, 1.54) is 24.8 Å². The van der Waals surface area contributed by atoms with Crippen LogP contribution >= 0.6 is 0 Å². The Bertz CT molecular complexity index is 851. The van der Waals surface area contributed by atoms with Crippen molar-refractivity contribution < 1.29 is 4.79 Å². The molecule has 4 fully saturated rings. The number of hydrogen-bond acceptors (Lipinski definition) is 3. The maximum absolute atomic E-state index is 13.6. The molecule has 3 heteroatoms. The molecule has 0 aromatic heterocycles. The molecule has 4 saturated carbocycles. The van der Waals surface area contributed by atoms with Gasteiger partial charge in [-0.2, -0.15) is 5.26 Å². The normalized spacial score (nSPS) is 35.3. The fourth-order valence-electron chi connectivity index (χ4n) is 6.93. The lowest BCUT2D eigenvalue weighted by Gasteiger charge is -2.56. The molecular weight excluding hydrogens is 332 g/mol. The molecule has 0 atom stereocenters. The minimum atomic E-state index is -0.182. The quantitative estimate of drug-likeness (QED) is 0.773. The van der Waals surface area contributed by atoms with Crippen LogP contribution in [0.1, 0.15) is 75.5 Å². The van der Waals surface area contributed by atoms with E-state index < -0.39 is 0 Å². The first kappa shape index (κ1) is 17.2. The molecule has 140 valence electrons. The van der Waals surface area contributed by atoms with Crippen LogP contribution in [0.15, 0.2) is 23.2 Å². The summed E-state index contributed by atoms with van der Waals surface area (Å²) in [6, 6.07) is 8.12. The van der Waals surface area contributed by atoms with E-state index in [0.29, 0.717) is 17.8 Å². The predicted octanol–water partition coefficient (Wildman–Crippen LogP) is 4.86. The topological polar surface area (TPSA) is 53.2 Å². The van der Waals surface area contributed by atoms with Gasteiger partial charge in [0.15, 0.2) is 0 Å². The maximum atomic E-state index is 13.6. The number of benzene rings is 1. The van der Waals surface area contributed by atoms with E-state index in [4.69, 9.17) is 4.99 Å². The van der Waals surface area contributed by atoms with Crippen molar-refractivity contribution >= 4 is 11.5 Å². The van der Waals surface area contributed by atoms with Crippen molar-refractivity contribution in [2.75, 3.05) is 0 Å². The van der Waals surface area contributed by atoms with Gasteiger partial charge in [0.1, 0.15) is 5.78 Å². The Labute approximate surface area is 161 Å². The number of hydrogen-bond donors (Lipinski definition) is 0. The molecule has 1 aliphatic heterocycles. The zero-order chi connectivity index (χ0) is 18.8. The second-order valence-corrected chi connectivity index (χ2v) is 10.3. The van der Waals surface area contributed by atoms with Gasteiger partial charge in [0, 0.05) is 17.4 Å². The molecule has 4 bridgehead atoms. The van der Waals surface area contributed by atoms with Crippen molar-refractivity contribution in [3.63, 3.8) is 0 Å². The van der Waals surface area contributed by atoms with Crippen molar-refractivity contribution in [3.05, 3.63) is 34.9 Å². The van der Waals surface area contributed by atoms with Gasteiger partial charge in [0.2, 0.25) is 0 Å². The highest BCUT2D eigenvalue weighted by Crippen LogP contribution is 2.60. The largest absolute Gasteiger partial charge is 0.299 e. The third-order valence-corrected chi connectivity index (χ3v) is 7.57. The summed E-state index contributed by atoms with van der Waals surface area (Å²) >= 11 is 0. The average molecular weight is 361 g/mol. The summed E-state index contributed by atoms with van der Waals surface area (Å²) in [5.74, 6) is 2.76. The Hall–Kier alpha value is -1.95. The van der Waals surface area contributed by atoms with E-state index in [1.807, 2.05) is 12.1 Å². The first-order valence-electron chi connectivity index (χ1n) is 10.5. The highest BCUT2D eigenvalue weighted by atomic mass is 16.1. The Balaban J connectivity index is 1.47. The third kappa shape index (κ3) is 2.85. The molecule has 0 amide bonds. The number of aliphatic imine (C=N–C) groups is 1. The second-order valence-electron chi connectivity index (χ2n) is 10.3. The van der Waals surface area contributed by atoms with E-state index in [0.717, 1.165) is 54.7 Å². The molecule has 0 radical (unpaired) electrons. The molecule has 0 unspecified atom stereocenters. The summed E-state index contributed by atoms with van der Waals surface area (Å²) in [5, 5.41) is 9.31. The summed E-state index contributed by atoms with van der Waals surface area (Å²) in [6.45, 7) is 4.28. The lowest BCUT2D eigenvalue weighted by Crippen LogP contribution is -2.50. The van der Waals surface area contributed by atoms with Crippen molar-refractivity contribution in [3.8, 4) is 6.07 Å². The first-order valence-corrected chi connectivity index (χ1v) is 10.5. The predicted molar refractivity (Wildman–Crippen MR) is 106 cm³/mol. The van der Waals surface area contributed by atoms with Gasteiger partial charge >= 0.3 is 0 Å². The SMILES string of the molecule is CC1(C)Cc2ccc(C#N)cc2C(CC(=O)C23CC4CC(CC(C4)C2)C3)=N1. The zero-order valence-corrected chi connectivity index (χ0v) is 16.4. The molecular formula is C24H28N2O. The number of Topliss-reactive ketones (excluding diaryl/α,β-unsaturated/α-hetero) is 1. The van der Waals surface area contributed by atoms with Crippen LogP contribution in [0.4, 0.5) is 0 Å². The molecule has 1 aromatic carbocycles. The number of fused-ring (bicyclic) bond motifs is 1. The van der Waals surface area contributed by atoms with E-state index in [1.54, 1.807) is 0 Å². The number of carbonyl (C=O) groups excluding carboxylic acids is 1. The third-order valence-electron chi connectivity index (χ3n) is 7.57. The number of ketones is 1. The van der Waals surface area contributed by atoms with Crippen molar-refractivity contribution in [1.82, 2.24) is 0 Å². The lowest BCUT2D eigenvalue weighted by molar-refractivity contribution is -0.142. The van der Waals surface area contributed by atoms with E-state index >= 15 is 0 Å². The highest BCUT2D eigenvalue weighted by Gasteiger charge is 2.54. The molecule has 0 saturated heterocycles. The smallest absolute Gasteiger partial charge is 0.145 e. The average Bonchev–Trinajstić information content (AvgIpc) is 2.59. The van der Waals surface area contributed by atoms with Gasteiger partial charge in [-0.15, -0.1) is 0 Å². The Morgan fingerprint density at radius 1 is 1.15 bits per heavy atom. The maximum Gasteiger partial charge on any atom is 0.145 e. The molecule has 6 rings (SSSR count). The monoisotopic (exact) mass is 360 g/mol. The van der Waals surface area contributed by atoms with Gasteiger partial charge < -0.3 is 0 Å². The van der Waals surface area contributed by atoms with Crippen LogP contribution in [-0.4, -0.2) is 17.0 Å². The van der Waals surface area contributed by atoms with Crippen LogP contribution in [-0.2, 0) is 11.2 Å². The number of carbonyl (C=O) groups is 1. The molecule has 0 spiro atoms. The standard InChI is InChI=1S/C24H28N2O/c1-23(2)13-19-4-3-15(14-25)8-20(19)21(26-23)9-22(27)24-10-16-5-17(11-24)7-18(6-16)12-24/h3-4,8,16-18H,5-7,9-13H2,1-2H3. The van der Waals surface area contributed by atoms with Crippen LogP contribution in [0.2, 0.25) is 0 Å². The number of rotatable bonds is 3. The van der Waals surface area contributed by atoms with Crippen LogP contribution < -0.4 is 0 Å². The fraction of sp³-hybridized carbons (Fsp3) is 0.625. The lowest BCUT2D eigenvalue weighted by atomic mass is 9.48. The summed E-state index contributed by atoms with van der Waals surface area (Å²) in [7, 11) is 0. The number of nitrogens with zero attached hydrogens (tertiary/aromatic N) is 2. The van der Waals surface area contributed by atoms with Crippen molar-refractivity contribution in [2.45, 2.75) is 70.8 Å². The minimum Gasteiger partial charge on any atom is -0.299 e. The Kier molecular flexibility index (Phi) is 3.67. The minimum absolute atomic E-state index is 0.0775. The van der Waals surface area contributed by atoms with Gasteiger partial charge in [0.25, 0.3) is 0 Å². The van der Waals surface area contributed by atoms with Crippen molar-refractivity contribution in [2.24, 2.45) is 28.2 Å². The molecule has 1 heterocycles. The van der Waals surface area contributed by atoms with Crippen LogP contribution in [0.5, 0.6) is 0 Å². The van der Waals surface area contributed by atoms with Crippen LogP contribution in [0.25, 0.3) is 0 Å². The summed E-state index contributed by atoms with van der Waals surface area (Å²) in [6.07, 6.45) is 8.71. The van der Waals surface area contributed by atoms with E-state index in [9.17, 15) is 10.1 Å². The molecule has 3 nitrogen and oxygen atoms in total. The van der Waals surface area contributed by atoms with Gasteiger partial charge in [-0.05, 0) is 94.2 Å². The molecule has 4 aliphatic carbocycles. The second kappa shape index (κ2) is 5.77. The first-order chi connectivity index (χ1) is 12.9. The van der Waals surface area contributed by atoms with E-state index in [2.05, 4.69) is 26.0 Å². The van der Waals surface area contributed by atoms with Gasteiger partial charge in [-0.3, -0.25) is 9.79 Å². The summed E-state index contributed by atoms with van der Waals surface area (Å²) < 4.78 is 0. The molecule has 1 aromatic rings. The van der Waals surface area contributed by atoms with Crippen LogP contribution in [0, 0.1) is 34.5 Å². The Morgan fingerprint density at radius 3 is 2.37 bits per heavy atom. The molecule has 27 heavy (non-hydrogen) atoms. The van der Waals surface area contributed by atoms with Gasteiger partial charge in [0.05, 0.1) is 22.9 Å².